The minimum atomic E-state index is 0.601. The van der Waals surface area contributed by atoms with Crippen LogP contribution in [-0.4, -0.2) is 13.2 Å². The van der Waals surface area contributed by atoms with E-state index in [0.29, 0.717) is 23.9 Å². The van der Waals surface area contributed by atoms with E-state index < -0.39 is 0 Å². The molecule has 2 aromatic rings. The normalized spacial score (nSPS) is 13.7. The number of nitrogens with two attached hydrogens (primary N) is 1. The van der Waals surface area contributed by atoms with Gasteiger partial charge < -0.3 is 20.5 Å². The second-order valence-electron chi connectivity index (χ2n) is 4.57. The summed E-state index contributed by atoms with van der Waals surface area (Å²) in [6.45, 7) is 1.35. The van der Waals surface area contributed by atoms with Gasteiger partial charge in [0.25, 0.3) is 0 Å². The van der Waals surface area contributed by atoms with Crippen molar-refractivity contribution in [2.24, 2.45) is 0 Å². The highest BCUT2D eigenvalue weighted by Gasteiger charge is 2.11. The standard InChI is InChI=1S/C15H15ClN2O2/c16-10-2-4-13(12(17)8-10)18-11-3-5-14-15(9-11)20-7-1-6-19-14/h2-5,8-9,18H,1,6-7,17H2. The van der Waals surface area contributed by atoms with Crippen LogP contribution in [-0.2, 0) is 0 Å². The van der Waals surface area contributed by atoms with Crippen LogP contribution in [0.4, 0.5) is 17.1 Å². The number of anilines is 3. The van der Waals surface area contributed by atoms with Crippen LogP contribution in [0.15, 0.2) is 36.4 Å². The van der Waals surface area contributed by atoms with Gasteiger partial charge in [-0.3, -0.25) is 0 Å². The van der Waals surface area contributed by atoms with Crippen molar-refractivity contribution in [1.82, 2.24) is 0 Å². The Hall–Kier alpha value is -2.07. The summed E-state index contributed by atoms with van der Waals surface area (Å²) in [5, 5.41) is 3.87. The van der Waals surface area contributed by atoms with Crippen LogP contribution >= 0.6 is 11.6 Å². The third-order valence-electron chi connectivity index (χ3n) is 3.04. The Kier molecular flexibility index (Phi) is 3.56. The van der Waals surface area contributed by atoms with Gasteiger partial charge in [0.2, 0.25) is 0 Å². The molecule has 2 aromatic carbocycles. The molecule has 20 heavy (non-hydrogen) atoms. The largest absolute Gasteiger partial charge is 0.490 e. The molecule has 1 aliphatic rings. The fraction of sp³-hybridized carbons (Fsp3) is 0.200. The SMILES string of the molecule is Nc1cc(Cl)ccc1Nc1ccc2c(c1)OCCCO2. The molecule has 0 radical (unpaired) electrons. The molecule has 0 amide bonds. The molecule has 5 heteroatoms. The van der Waals surface area contributed by atoms with Crippen LogP contribution in [0.3, 0.4) is 0 Å². The van der Waals surface area contributed by atoms with Crippen LogP contribution in [0.1, 0.15) is 6.42 Å². The van der Waals surface area contributed by atoms with Gasteiger partial charge in [-0.1, -0.05) is 11.6 Å². The first-order valence-corrected chi connectivity index (χ1v) is 6.82. The van der Waals surface area contributed by atoms with Gasteiger partial charge in [0.1, 0.15) is 0 Å². The van der Waals surface area contributed by atoms with Gasteiger partial charge in [-0.2, -0.15) is 0 Å². The second kappa shape index (κ2) is 5.51. The lowest BCUT2D eigenvalue weighted by molar-refractivity contribution is 0.297. The van der Waals surface area contributed by atoms with Crippen molar-refractivity contribution in [3.63, 3.8) is 0 Å². The number of hydrogen-bond donors (Lipinski definition) is 2. The lowest BCUT2D eigenvalue weighted by Gasteiger charge is -2.12. The maximum atomic E-state index is 5.93. The predicted molar refractivity (Wildman–Crippen MR) is 81.2 cm³/mol. The molecule has 0 saturated heterocycles. The molecular formula is C15H15ClN2O2. The van der Waals surface area contributed by atoms with Crippen molar-refractivity contribution in [3.05, 3.63) is 41.4 Å². The van der Waals surface area contributed by atoms with E-state index in [2.05, 4.69) is 5.32 Å². The number of halogens is 1. The summed E-state index contributed by atoms with van der Waals surface area (Å²) in [5.74, 6) is 1.53. The Morgan fingerprint density at radius 1 is 1.00 bits per heavy atom. The molecule has 0 unspecified atom stereocenters. The van der Waals surface area contributed by atoms with Crippen molar-refractivity contribution in [2.75, 3.05) is 24.3 Å². The highest BCUT2D eigenvalue weighted by molar-refractivity contribution is 6.31. The second-order valence-corrected chi connectivity index (χ2v) is 5.00. The molecule has 1 heterocycles. The monoisotopic (exact) mass is 290 g/mol. The zero-order chi connectivity index (χ0) is 13.9. The zero-order valence-corrected chi connectivity index (χ0v) is 11.6. The minimum Gasteiger partial charge on any atom is -0.490 e. The maximum Gasteiger partial charge on any atom is 0.163 e. The molecule has 0 atom stereocenters. The smallest absolute Gasteiger partial charge is 0.163 e. The average molecular weight is 291 g/mol. The molecule has 0 aromatic heterocycles. The number of ether oxygens (including phenoxy) is 2. The third kappa shape index (κ3) is 2.75. The Bertz CT molecular complexity index is 631. The lowest BCUT2D eigenvalue weighted by atomic mass is 10.2. The van der Waals surface area contributed by atoms with Crippen molar-refractivity contribution >= 4 is 28.7 Å². The third-order valence-corrected chi connectivity index (χ3v) is 3.28. The Morgan fingerprint density at radius 2 is 1.80 bits per heavy atom. The first-order chi connectivity index (χ1) is 9.72. The summed E-state index contributed by atoms with van der Waals surface area (Å²) in [6.07, 6.45) is 0.890. The average Bonchev–Trinajstić information content (AvgIpc) is 2.66. The number of rotatable bonds is 2. The zero-order valence-electron chi connectivity index (χ0n) is 10.9. The van der Waals surface area contributed by atoms with Crippen molar-refractivity contribution < 1.29 is 9.47 Å². The van der Waals surface area contributed by atoms with Gasteiger partial charge in [-0.25, -0.2) is 0 Å². The van der Waals surface area contributed by atoms with E-state index in [1.165, 1.54) is 0 Å². The van der Waals surface area contributed by atoms with Crippen molar-refractivity contribution in [3.8, 4) is 11.5 Å². The molecule has 0 aliphatic carbocycles. The molecule has 1 aliphatic heterocycles. The number of nitrogens with one attached hydrogen (secondary N) is 1. The molecule has 4 nitrogen and oxygen atoms in total. The minimum absolute atomic E-state index is 0.601. The maximum absolute atomic E-state index is 5.93. The highest BCUT2D eigenvalue weighted by Crippen LogP contribution is 2.34. The number of nitrogen functional groups attached to an aromatic ring is 1. The van der Waals surface area contributed by atoms with Crippen molar-refractivity contribution in [2.45, 2.75) is 6.42 Å². The van der Waals surface area contributed by atoms with E-state index in [1.54, 1.807) is 12.1 Å². The lowest BCUT2D eigenvalue weighted by Crippen LogP contribution is -1.98. The van der Waals surface area contributed by atoms with Crippen LogP contribution in [0.25, 0.3) is 0 Å². The van der Waals surface area contributed by atoms with Gasteiger partial charge in [0, 0.05) is 23.2 Å². The van der Waals surface area contributed by atoms with Crippen LogP contribution in [0, 0.1) is 0 Å². The van der Waals surface area contributed by atoms with Gasteiger partial charge >= 0.3 is 0 Å². The molecule has 3 N–H and O–H groups in total. The molecule has 104 valence electrons. The molecular weight excluding hydrogens is 276 g/mol. The molecule has 0 saturated carbocycles. The van der Waals surface area contributed by atoms with E-state index in [1.807, 2.05) is 24.3 Å². The fourth-order valence-corrected chi connectivity index (χ4v) is 2.22. The predicted octanol–water partition coefficient (Wildman–Crippen LogP) is 3.83. The molecule has 0 spiro atoms. The van der Waals surface area contributed by atoms with Gasteiger partial charge in [0.15, 0.2) is 11.5 Å². The van der Waals surface area contributed by atoms with E-state index >= 15 is 0 Å². The van der Waals surface area contributed by atoms with Crippen LogP contribution in [0.2, 0.25) is 5.02 Å². The quantitative estimate of drug-likeness (QED) is 0.826. The van der Waals surface area contributed by atoms with Gasteiger partial charge in [-0.15, -0.1) is 0 Å². The summed E-state index contributed by atoms with van der Waals surface area (Å²) < 4.78 is 11.3. The number of fused-ring (bicyclic) bond motifs is 1. The summed E-state index contributed by atoms with van der Waals surface area (Å²) >= 11 is 5.89. The topological polar surface area (TPSA) is 56.5 Å². The van der Waals surface area contributed by atoms with Crippen LogP contribution in [0.5, 0.6) is 11.5 Å². The summed E-state index contributed by atoms with van der Waals surface area (Å²) in [6, 6.07) is 11.1. The first-order valence-electron chi connectivity index (χ1n) is 6.44. The molecule has 3 rings (SSSR count). The van der Waals surface area contributed by atoms with Gasteiger partial charge in [-0.05, 0) is 30.3 Å². The Balaban J connectivity index is 1.86. The first kappa shape index (κ1) is 12.9. The van der Waals surface area contributed by atoms with Gasteiger partial charge in [0.05, 0.1) is 24.6 Å². The van der Waals surface area contributed by atoms with E-state index in [9.17, 15) is 0 Å². The van der Waals surface area contributed by atoms with E-state index in [0.717, 1.165) is 29.3 Å². The number of hydrogen-bond acceptors (Lipinski definition) is 4. The number of benzene rings is 2. The molecule has 0 fully saturated rings. The van der Waals surface area contributed by atoms with E-state index in [4.69, 9.17) is 26.8 Å². The fourth-order valence-electron chi connectivity index (χ4n) is 2.04. The Labute approximate surface area is 122 Å². The van der Waals surface area contributed by atoms with Crippen molar-refractivity contribution in [1.29, 1.82) is 0 Å². The summed E-state index contributed by atoms with van der Waals surface area (Å²) in [4.78, 5) is 0. The van der Waals surface area contributed by atoms with E-state index in [-0.39, 0.29) is 0 Å². The van der Waals surface area contributed by atoms with Crippen LogP contribution < -0.4 is 20.5 Å². The highest BCUT2D eigenvalue weighted by atomic mass is 35.5. The molecule has 0 bridgehead atoms. The summed E-state index contributed by atoms with van der Waals surface area (Å²) in [7, 11) is 0. The Morgan fingerprint density at radius 3 is 2.60 bits per heavy atom. The summed E-state index contributed by atoms with van der Waals surface area (Å²) in [5.41, 5.74) is 8.23.